The van der Waals surface area contributed by atoms with E-state index in [1.807, 2.05) is 36.4 Å². The Morgan fingerprint density at radius 2 is 1.75 bits per heavy atom. The van der Waals surface area contributed by atoms with Gasteiger partial charge < -0.3 is 0 Å². The van der Waals surface area contributed by atoms with Crippen LogP contribution in [0.15, 0.2) is 58.3 Å². The summed E-state index contributed by atoms with van der Waals surface area (Å²) in [6, 6.07) is 16.1. The minimum atomic E-state index is 0.748. The topological polar surface area (TPSA) is 17.1 Å². The van der Waals surface area contributed by atoms with Crippen molar-refractivity contribution in [3.63, 3.8) is 0 Å². The van der Waals surface area contributed by atoms with Crippen LogP contribution in [0.25, 0.3) is 0 Å². The fourth-order valence-electron chi connectivity index (χ4n) is 1.29. The van der Waals surface area contributed by atoms with Crippen LogP contribution in [0.1, 0.15) is 10.4 Å². The first-order valence-corrected chi connectivity index (χ1v) is 6.67. The first-order chi connectivity index (χ1) is 7.79. The summed E-state index contributed by atoms with van der Waals surface area (Å²) in [6.07, 6.45) is 0.888. The third-order valence-corrected chi connectivity index (χ3v) is 4.01. The molecule has 0 amide bonds. The van der Waals surface area contributed by atoms with Crippen molar-refractivity contribution in [2.75, 3.05) is 0 Å². The Labute approximate surface area is 112 Å². The number of aldehydes is 1. The number of carbonyl (C=O) groups is 1. The van der Waals surface area contributed by atoms with Crippen LogP contribution in [0, 0.1) is 3.57 Å². The molecule has 2 rings (SSSR count). The zero-order valence-corrected chi connectivity index (χ0v) is 11.4. The van der Waals surface area contributed by atoms with Gasteiger partial charge in [-0.2, -0.15) is 0 Å². The molecule has 0 saturated carbocycles. The molecule has 0 spiro atoms. The third-order valence-electron chi connectivity index (χ3n) is 2.08. The van der Waals surface area contributed by atoms with Gasteiger partial charge >= 0.3 is 0 Å². The second-order valence-electron chi connectivity index (χ2n) is 3.22. The van der Waals surface area contributed by atoms with Crippen molar-refractivity contribution in [3.8, 4) is 0 Å². The molecule has 0 N–H and O–H groups in total. The molecule has 3 heteroatoms. The molecule has 2 aromatic carbocycles. The molecule has 0 aromatic heterocycles. The number of benzene rings is 2. The Hall–Kier alpha value is -0.810. The van der Waals surface area contributed by atoms with Gasteiger partial charge in [0.25, 0.3) is 0 Å². The minimum Gasteiger partial charge on any atom is -0.298 e. The Bertz CT molecular complexity index is 497. The molecular weight excluding hydrogens is 331 g/mol. The van der Waals surface area contributed by atoms with Gasteiger partial charge in [0.1, 0.15) is 0 Å². The number of carbonyl (C=O) groups excluding carboxylic acids is 1. The van der Waals surface area contributed by atoms with Gasteiger partial charge in [-0.3, -0.25) is 4.79 Å². The second-order valence-corrected chi connectivity index (χ2v) is 5.53. The van der Waals surface area contributed by atoms with Gasteiger partial charge in [0.2, 0.25) is 0 Å². The van der Waals surface area contributed by atoms with Crippen molar-refractivity contribution in [3.05, 3.63) is 57.7 Å². The molecule has 80 valence electrons. The summed E-state index contributed by atoms with van der Waals surface area (Å²) in [5, 5.41) is 0. The van der Waals surface area contributed by atoms with Crippen LogP contribution >= 0.6 is 34.4 Å². The highest BCUT2D eigenvalue weighted by atomic mass is 127. The quantitative estimate of drug-likeness (QED) is 0.614. The first kappa shape index (κ1) is 11.7. The van der Waals surface area contributed by atoms with E-state index in [9.17, 15) is 4.79 Å². The summed E-state index contributed by atoms with van der Waals surface area (Å²) in [5.41, 5.74) is 0.748. The Balaban J connectivity index is 2.23. The van der Waals surface area contributed by atoms with E-state index < -0.39 is 0 Å². The predicted octanol–water partition coefficient (Wildman–Crippen LogP) is 4.25. The predicted molar refractivity (Wildman–Crippen MR) is 75.1 cm³/mol. The lowest BCUT2D eigenvalue weighted by Gasteiger charge is -2.03. The van der Waals surface area contributed by atoms with Crippen LogP contribution in [0.5, 0.6) is 0 Å². The van der Waals surface area contributed by atoms with Crippen LogP contribution < -0.4 is 0 Å². The van der Waals surface area contributed by atoms with E-state index in [0.717, 1.165) is 20.3 Å². The molecular formula is C13H9IOS. The lowest BCUT2D eigenvalue weighted by molar-refractivity contribution is 0.112. The van der Waals surface area contributed by atoms with Gasteiger partial charge in [-0.15, -0.1) is 0 Å². The van der Waals surface area contributed by atoms with E-state index in [0.29, 0.717) is 0 Å². The monoisotopic (exact) mass is 340 g/mol. The number of halogens is 1. The molecule has 0 atom stereocenters. The summed E-state index contributed by atoms with van der Waals surface area (Å²) >= 11 is 3.88. The van der Waals surface area contributed by atoms with Gasteiger partial charge in [-0.1, -0.05) is 30.0 Å². The van der Waals surface area contributed by atoms with Gasteiger partial charge in [-0.25, -0.2) is 0 Å². The molecule has 0 unspecified atom stereocenters. The maximum Gasteiger partial charge on any atom is 0.151 e. The van der Waals surface area contributed by atoms with Crippen LogP contribution in [0.4, 0.5) is 0 Å². The van der Waals surface area contributed by atoms with Crippen molar-refractivity contribution in [1.82, 2.24) is 0 Å². The van der Waals surface area contributed by atoms with Crippen LogP contribution in [0.3, 0.4) is 0 Å². The molecule has 0 bridgehead atoms. The lowest BCUT2D eigenvalue weighted by atomic mass is 10.2. The Morgan fingerprint density at radius 3 is 2.38 bits per heavy atom. The number of hydrogen-bond acceptors (Lipinski definition) is 2. The molecule has 0 aliphatic rings. The highest BCUT2D eigenvalue weighted by Gasteiger charge is 2.01. The van der Waals surface area contributed by atoms with E-state index in [1.165, 1.54) is 4.90 Å². The van der Waals surface area contributed by atoms with Gasteiger partial charge in [0.05, 0.1) is 0 Å². The Kier molecular flexibility index (Phi) is 4.01. The van der Waals surface area contributed by atoms with Crippen molar-refractivity contribution in [2.45, 2.75) is 9.79 Å². The van der Waals surface area contributed by atoms with Crippen LogP contribution in [-0.4, -0.2) is 6.29 Å². The van der Waals surface area contributed by atoms with Gasteiger partial charge in [0, 0.05) is 18.9 Å². The number of rotatable bonds is 3. The van der Waals surface area contributed by atoms with E-state index in [1.54, 1.807) is 11.8 Å². The van der Waals surface area contributed by atoms with E-state index in [-0.39, 0.29) is 0 Å². The molecule has 16 heavy (non-hydrogen) atoms. The zero-order chi connectivity index (χ0) is 11.4. The molecule has 0 aliphatic heterocycles. The molecule has 0 aliphatic carbocycles. The van der Waals surface area contributed by atoms with Gasteiger partial charge in [0.15, 0.2) is 6.29 Å². The third kappa shape index (κ3) is 2.86. The molecule has 1 nitrogen and oxygen atoms in total. The van der Waals surface area contributed by atoms with Crippen molar-refractivity contribution in [1.29, 1.82) is 0 Å². The maximum atomic E-state index is 10.7. The summed E-state index contributed by atoms with van der Waals surface area (Å²) in [6.45, 7) is 0. The molecule has 0 radical (unpaired) electrons. The van der Waals surface area contributed by atoms with Crippen LogP contribution in [-0.2, 0) is 0 Å². The Morgan fingerprint density at radius 1 is 1.00 bits per heavy atom. The molecule has 0 heterocycles. The lowest BCUT2D eigenvalue weighted by Crippen LogP contribution is -1.85. The fraction of sp³-hybridized carbons (Fsp3) is 0. The smallest absolute Gasteiger partial charge is 0.151 e. The normalized spacial score (nSPS) is 10.1. The van der Waals surface area contributed by atoms with Crippen molar-refractivity contribution >= 4 is 40.6 Å². The summed E-state index contributed by atoms with van der Waals surface area (Å²) in [7, 11) is 0. The standard InChI is InChI=1S/C13H9IOS/c14-13-8-12(7-6-10(13)9-15)16-11-4-2-1-3-5-11/h1-9H. The van der Waals surface area contributed by atoms with Crippen molar-refractivity contribution < 1.29 is 4.79 Å². The largest absolute Gasteiger partial charge is 0.298 e. The molecule has 0 fully saturated rings. The summed E-state index contributed by atoms with van der Waals surface area (Å²) in [4.78, 5) is 13.0. The van der Waals surface area contributed by atoms with Crippen molar-refractivity contribution in [2.24, 2.45) is 0 Å². The minimum absolute atomic E-state index is 0.748. The fourth-order valence-corrected chi connectivity index (χ4v) is 3.02. The highest BCUT2D eigenvalue weighted by molar-refractivity contribution is 14.1. The van der Waals surface area contributed by atoms with E-state index in [4.69, 9.17) is 0 Å². The average Bonchev–Trinajstić information content (AvgIpc) is 2.31. The van der Waals surface area contributed by atoms with Crippen LogP contribution in [0.2, 0.25) is 0 Å². The SMILES string of the molecule is O=Cc1ccc(Sc2ccccc2)cc1I. The first-order valence-electron chi connectivity index (χ1n) is 4.77. The molecule has 2 aromatic rings. The summed E-state index contributed by atoms with van der Waals surface area (Å²) in [5.74, 6) is 0. The second kappa shape index (κ2) is 5.50. The van der Waals surface area contributed by atoms with E-state index in [2.05, 4.69) is 34.7 Å². The maximum absolute atomic E-state index is 10.7. The zero-order valence-electron chi connectivity index (χ0n) is 8.39. The highest BCUT2D eigenvalue weighted by Crippen LogP contribution is 2.29. The van der Waals surface area contributed by atoms with E-state index >= 15 is 0 Å². The average molecular weight is 340 g/mol. The summed E-state index contributed by atoms with van der Waals surface area (Å²) < 4.78 is 0.994. The molecule has 0 saturated heterocycles. The number of hydrogen-bond donors (Lipinski definition) is 0. The van der Waals surface area contributed by atoms with Gasteiger partial charge in [-0.05, 0) is 52.9 Å².